The molecule has 0 heterocycles. The standard InChI is InChI=1S/C14H17N3O9/c1-3-14(13(19)26-4-2)10(18)5-7-8(15(20)21)6-9(16(22)23)11(14)12(7)17(24)25/h6-8,11-12H,3-5H2,1-2H3. The second kappa shape index (κ2) is 6.77. The Hall–Kier alpha value is -2.92. The maximum atomic E-state index is 12.8. The highest BCUT2D eigenvalue weighted by Crippen LogP contribution is 2.52. The number of nitro groups is 3. The normalized spacial score (nSPS) is 33.2. The van der Waals surface area contributed by atoms with Gasteiger partial charge in [0.05, 0.1) is 17.6 Å². The summed E-state index contributed by atoms with van der Waals surface area (Å²) >= 11 is 0. The zero-order chi connectivity index (χ0) is 19.8. The predicted molar refractivity (Wildman–Crippen MR) is 82.6 cm³/mol. The average molecular weight is 371 g/mol. The van der Waals surface area contributed by atoms with Gasteiger partial charge in [-0.25, -0.2) is 0 Å². The summed E-state index contributed by atoms with van der Waals surface area (Å²) in [5.41, 5.74) is -2.96. The molecule has 1 saturated carbocycles. The molecule has 26 heavy (non-hydrogen) atoms. The van der Waals surface area contributed by atoms with Gasteiger partial charge in [-0.15, -0.1) is 0 Å². The molecule has 0 saturated heterocycles. The van der Waals surface area contributed by atoms with E-state index in [0.29, 0.717) is 0 Å². The van der Waals surface area contributed by atoms with Crippen molar-refractivity contribution in [3.63, 3.8) is 0 Å². The van der Waals surface area contributed by atoms with Gasteiger partial charge in [-0.3, -0.25) is 39.9 Å². The van der Waals surface area contributed by atoms with Crippen LogP contribution in [0.25, 0.3) is 0 Å². The van der Waals surface area contributed by atoms with Gasteiger partial charge in [-0.1, -0.05) is 6.92 Å². The Labute approximate surface area is 146 Å². The smallest absolute Gasteiger partial charge is 0.320 e. The van der Waals surface area contributed by atoms with Gasteiger partial charge < -0.3 is 4.74 Å². The summed E-state index contributed by atoms with van der Waals surface area (Å²) in [4.78, 5) is 57.1. The summed E-state index contributed by atoms with van der Waals surface area (Å²) in [6, 6.07) is -3.55. The van der Waals surface area contributed by atoms with Gasteiger partial charge >= 0.3 is 5.97 Å². The SMILES string of the molecule is CCOC(=O)C1(CC)C(=O)CC2C([N+](=O)[O-])C=C([N+](=O)[O-])C1C2[N+](=O)[O-]. The molecule has 1 fully saturated rings. The van der Waals surface area contributed by atoms with Crippen molar-refractivity contribution in [3.05, 3.63) is 42.1 Å². The summed E-state index contributed by atoms with van der Waals surface area (Å²) in [6.45, 7) is 2.75. The highest BCUT2D eigenvalue weighted by atomic mass is 16.6. The van der Waals surface area contributed by atoms with Crippen LogP contribution in [-0.4, -0.2) is 45.2 Å². The molecule has 12 heteroatoms. The average Bonchev–Trinajstić information content (AvgIpc) is 2.54. The van der Waals surface area contributed by atoms with Crippen LogP contribution in [0.4, 0.5) is 0 Å². The first-order valence-corrected chi connectivity index (χ1v) is 7.97. The van der Waals surface area contributed by atoms with Crippen LogP contribution in [0, 0.1) is 47.6 Å². The number of hydrogen-bond donors (Lipinski definition) is 0. The molecule has 2 aliphatic rings. The number of ketones is 1. The zero-order valence-electron chi connectivity index (χ0n) is 14.0. The lowest BCUT2D eigenvalue weighted by atomic mass is 9.54. The number of hydrogen-bond acceptors (Lipinski definition) is 9. The number of rotatable bonds is 6. The molecule has 0 aliphatic heterocycles. The fourth-order valence-corrected chi connectivity index (χ4v) is 4.11. The molecular formula is C14H17N3O9. The van der Waals surface area contributed by atoms with Crippen molar-refractivity contribution in [2.45, 2.75) is 38.8 Å². The van der Waals surface area contributed by atoms with E-state index in [0.717, 1.165) is 6.08 Å². The third-order valence-corrected chi connectivity index (χ3v) is 5.22. The lowest BCUT2D eigenvalue weighted by molar-refractivity contribution is -0.590. The van der Waals surface area contributed by atoms with E-state index in [1.807, 2.05) is 0 Å². The largest absolute Gasteiger partial charge is 0.465 e. The Morgan fingerprint density at radius 2 is 1.85 bits per heavy atom. The molecule has 0 aromatic rings. The lowest BCUT2D eigenvalue weighted by Crippen LogP contribution is -2.64. The van der Waals surface area contributed by atoms with E-state index < -0.39 is 68.0 Å². The van der Waals surface area contributed by atoms with Crippen molar-refractivity contribution in [2.24, 2.45) is 17.3 Å². The van der Waals surface area contributed by atoms with Gasteiger partial charge in [0.2, 0.25) is 12.1 Å². The monoisotopic (exact) mass is 371 g/mol. The van der Waals surface area contributed by atoms with Crippen LogP contribution in [0.1, 0.15) is 26.7 Å². The van der Waals surface area contributed by atoms with Crippen LogP contribution < -0.4 is 0 Å². The van der Waals surface area contributed by atoms with Crippen LogP contribution in [0.3, 0.4) is 0 Å². The van der Waals surface area contributed by atoms with Gasteiger partial charge in [-0.05, 0) is 13.3 Å². The Kier molecular flexibility index (Phi) is 5.05. The molecule has 12 nitrogen and oxygen atoms in total. The lowest BCUT2D eigenvalue weighted by Gasteiger charge is -2.44. The van der Waals surface area contributed by atoms with Gasteiger partial charge in [-0.2, -0.15) is 0 Å². The molecule has 0 radical (unpaired) electrons. The van der Waals surface area contributed by atoms with Gasteiger partial charge in [0, 0.05) is 16.3 Å². The van der Waals surface area contributed by atoms with E-state index in [2.05, 4.69) is 0 Å². The molecule has 2 rings (SSSR count). The molecule has 0 N–H and O–H groups in total. The molecule has 0 amide bonds. The first-order chi connectivity index (χ1) is 12.1. The number of carbonyl (C=O) groups is 2. The Morgan fingerprint density at radius 1 is 1.23 bits per heavy atom. The zero-order valence-corrected chi connectivity index (χ0v) is 14.0. The molecule has 142 valence electrons. The Bertz CT molecular complexity index is 718. The number of esters is 1. The third-order valence-electron chi connectivity index (χ3n) is 5.22. The van der Waals surface area contributed by atoms with Crippen molar-refractivity contribution >= 4 is 11.8 Å². The summed E-state index contributed by atoms with van der Waals surface area (Å²) < 4.78 is 4.90. The van der Waals surface area contributed by atoms with E-state index in [1.165, 1.54) is 13.8 Å². The van der Waals surface area contributed by atoms with E-state index in [4.69, 9.17) is 4.74 Å². The van der Waals surface area contributed by atoms with E-state index >= 15 is 0 Å². The molecule has 5 unspecified atom stereocenters. The number of nitrogens with zero attached hydrogens (tertiary/aromatic N) is 3. The number of fused-ring (bicyclic) bond motifs is 2. The van der Waals surface area contributed by atoms with Gasteiger partial charge in [0.25, 0.3) is 5.70 Å². The van der Waals surface area contributed by atoms with Crippen LogP contribution in [-0.2, 0) is 14.3 Å². The number of Topliss-reactive ketones (excluding diaryl/α,β-unsaturated/α-hetero) is 1. The maximum Gasteiger partial charge on any atom is 0.320 e. The predicted octanol–water partition coefficient (Wildman–Crippen LogP) is 0.616. The minimum absolute atomic E-state index is 0.123. The van der Waals surface area contributed by atoms with Crippen molar-refractivity contribution < 1.29 is 29.1 Å². The van der Waals surface area contributed by atoms with Crippen LogP contribution >= 0.6 is 0 Å². The molecular weight excluding hydrogens is 354 g/mol. The fourth-order valence-electron chi connectivity index (χ4n) is 4.11. The minimum atomic E-state index is -2.11. The molecule has 0 spiro atoms. The molecule has 2 aliphatic carbocycles. The van der Waals surface area contributed by atoms with Crippen molar-refractivity contribution in [2.75, 3.05) is 6.61 Å². The molecule has 0 aromatic heterocycles. The van der Waals surface area contributed by atoms with Crippen LogP contribution in [0.15, 0.2) is 11.8 Å². The highest BCUT2D eigenvalue weighted by molar-refractivity contribution is 6.05. The van der Waals surface area contributed by atoms with Crippen LogP contribution in [0.2, 0.25) is 0 Å². The molecule has 0 aromatic carbocycles. The fraction of sp³-hybridized carbons (Fsp3) is 0.714. The van der Waals surface area contributed by atoms with E-state index in [-0.39, 0.29) is 13.0 Å². The van der Waals surface area contributed by atoms with Crippen LogP contribution in [0.5, 0.6) is 0 Å². The minimum Gasteiger partial charge on any atom is -0.465 e. The summed E-state index contributed by atoms with van der Waals surface area (Å²) in [5.74, 6) is -4.96. The van der Waals surface area contributed by atoms with Gasteiger partial charge in [0.15, 0.2) is 5.78 Å². The topological polar surface area (TPSA) is 173 Å². The van der Waals surface area contributed by atoms with Crippen molar-refractivity contribution in [3.8, 4) is 0 Å². The third kappa shape index (κ3) is 2.61. The number of ether oxygens (including phenoxy) is 1. The first kappa shape index (κ1) is 19.4. The number of carbonyl (C=O) groups excluding carboxylic acids is 2. The van der Waals surface area contributed by atoms with Crippen molar-refractivity contribution in [1.82, 2.24) is 0 Å². The quantitative estimate of drug-likeness (QED) is 0.280. The van der Waals surface area contributed by atoms with Crippen molar-refractivity contribution in [1.29, 1.82) is 0 Å². The molecule has 5 atom stereocenters. The Morgan fingerprint density at radius 3 is 2.27 bits per heavy atom. The Balaban J connectivity index is 2.79. The summed E-state index contributed by atoms with van der Waals surface area (Å²) in [6.07, 6.45) is -0.117. The van der Waals surface area contributed by atoms with E-state index in [1.54, 1.807) is 0 Å². The van der Waals surface area contributed by atoms with E-state index in [9.17, 15) is 39.9 Å². The summed E-state index contributed by atoms with van der Waals surface area (Å²) in [5, 5.41) is 34.5. The van der Waals surface area contributed by atoms with Gasteiger partial charge in [0.1, 0.15) is 17.3 Å². The second-order valence-electron chi connectivity index (χ2n) is 6.21. The second-order valence-corrected chi connectivity index (χ2v) is 6.21. The highest BCUT2D eigenvalue weighted by Gasteiger charge is 2.72. The maximum absolute atomic E-state index is 12.8. The molecule has 2 bridgehead atoms. The summed E-state index contributed by atoms with van der Waals surface area (Å²) in [7, 11) is 0. The first-order valence-electron chi connectivity index (χ1n) is 7.97.